The molecule has 0 spiro atoms. The molecule has 168 valence electrons. The standard InChI is InChI=1S/C25H27NO6/c1-5-30-17-8-7-16(13-18(17)31-6-2)22-21-23(28)20-15(4)11-14(3)12-19(20)32-24(21)25(29)26(22)9-10-27/h7-8,11-13,22,27H,5-6,9-10H2,1-4H3. The van der Waals surface area contributed by atoms with Crippen molar-refractivity contribution in [2.24, 2.45) is 0 Å². The number of β-amino-alcohol motifs (C(OH)–C–C–N with tert-alkyl or cyclic N) is 1. The van der Waals surface area contributed by atoms with E-state index in [9.17, 15) is 14.7 Å². The SMILES string of the molecule is CCOc1ccc(C2c3c(oc4cc(C)cc(C)c4c3=O)C(=O)N2CCO)cc1OCC. The van der Waals surface area contributed by atoms with E-state index in [-0.39, 0.29) is 29.9 Å². The predicted molar refractivity (Wildman–Crippen MR) is 121 cm³/mol. The Labute approximate surface area is 186 Å². The molecule has 0 radical (unpaired) electrons. The van der Waals surface area contributed by atoms with Gasteiger partial charge in [-0.15, -0.1) is 0 Å². The number of carbonyl (C=O) groups excluding carboxylic acids is 1. The van der Waals surface area contributed by atoms with Crippen molar-refractivity contribution in [3.63, 3.8) is 0 Å². The maximum Gasteiger partial charge on any atom is 0.290 e. The largest absolute Gasteiger partial charge is 0.490 e. The van der Waals surface area contributed by atoms with E-state index in [1.54, 1.807) is 18.2 Å². The van der Waals surface area contributed by atoms with Crippen LogP contribution < -0.4 is 14.9 Å². The smallest absolute Gasteiger partial charge is 0.290 e. The average Bonchev–Trinajstić information content (AvgIpc) is 3.02. The third-order valence-electron chi connectivity index (χ3n) is 5.64. The number of amides is 1. The van der Waals surface area contributed by atoms with Gasteiger partial charge in [-0.25, -0.2) is 0 Å². The van der Waals surface area contributed by atoms with Crippen LogP contribution in [0.5, 0.6) is 11.5 Å². The first-order chi connectivity index (χ1) is 15.4. The highest BCUT2D eigenvalue weighted by molar-refractivity contribution is 5.99. The summed E-state index contributed by atoms with van der Waals surface area (Å²) in [4.78, 5) is 28.4. The number of hydrogen-bond donors (Lipinski definition) is 1. The lowest BCUT2D eigenvalue weighted by Crippen LogP contribution is -2.32. The van der Waals surface area contributed by atoms with E-state index in [2.05, 4.69) is 0 Å². The second kappa shape index (κ2) is 8.67. The minimum absolute atomic E-state index is 0.0257. The predicted octanol–water partition coefficient (Wildman–Crippen LogP) is 3.74. The molecule has 2 aromatic carbocycles. The third kappa shape index (κ3) is 3.52. The van der Waals surface area contributed by atoms with Gasteiger partial charge in [0.05, 0.1) is 36.8 Å². The molecular formula is C25H27NO6. The Morgan fingerprint density at radius 1 is 1.03 bits per heavy atom. The van der Waals surface area contributed by atoms with Crippen molar-refractivity contribution < 1.29 is 23.8 Å². The van der Waals surface area contributed by atoms with Crippen molar-refractivity contribution in [3.8, 4) is 11.5 Å². The van der Waals surface area contributed by atoms with Crippen LogP contribution >= 0.6 is 0 Å². The molecule has 0 bridgehead atoms. The lowest BCUT2D eigenvalue weighted by Gasteiger charge is -2.25. The van der Waals surface area contributed by atoms with E-state index in [4.69, 9.17) is 13.9 Å². The summed E-state index contributed by atoms with van der Waals surface area (Å²) in [6.45, 7) is 8.29. The zero-order valence-electron chi connectivity index (χ0n) is 18.7. The first-order valence-electron chi connectivity index (χ1n) is 10.8. The van der Waals surface area contributed by atoms with Crippen LogP contribution in [-0.4, -0.2) is 42.3 Å². The van der Waals surface area contributed by atoms with Crippen molar-refractivity contribution in [1.29, 1.82) is 0 Å². The number of benzene rings is 2. The number of aliphatic hydroxyl groups is 1. The minimum atomic E-state index is -0.694. The number of carbonyl (C=O) groups is 1. The molecule has 1 atom stereocenters. The van der Waals surface area contributed by atoms with Crippen molar-refractivity contribution in [2.45, 2.75) is 33.7 Å². The fourth-order valence-corrected chi connectivity index (χ4v) is 4.44. The number of hydrogen-bond acceptors (Lipinski definition) is 6. The van der Waals surface area contributed by atoms with Crippen LogP contribution in [0.25, 0.3) is 11.0 Å². The number of aryl methyl sites for hydroxylation is 2. The minimum Gasteiger partial charge on any atom is -0.490 e. The lowest BCUT2D eigenvalue weighted by atomic mass is 9.96. The topological polar surface area (TPSA) is 89.2 Å². The average molecular weight is 437 g/mol. The molecule has 1 amide bonds. The summed E-state index contributed by atoms with van der Waals surface area (Å²) in [5, 5.41) is 10.1. The maximum atomic E-state index is 13.7. The van der Waals surface area contributed by atoms with Crippen molar-refractivity contribution >= 4 is 16.9 Å². The van der Waals surface area contributed by atoms with Crippen LogP contribution in [0.2, 0.25) is 0 Å². The first-order valence-corrected chi connectivity index (χ1v) is 10.8. The second-order valence-electron chi connectivity index (χ2n) is 7.83. The zero-order valence-corrected chi connectivity index (χ0v) is 18.7. The molecule has 4 rings (SSSR count). The molecule has 1 aliphatic heterocycles. The molecule has 0 saturated heterocycles. The molecule has 1 unspecified atom stereocenters. The van der Waals surface area contributed by atoms with Gasteiger partial charge in [-0.1, -0.05) is 12.1 Å². The number of aliphatic hydroxyl groups excluding tert-OH is 1. The molecule has 1 N–H and O–H groups in total. The van der Waals surface area contributed by atoms with Crippen molar-refractivity contribution in [2.75, 3.05) is 26.4 Å². The third-order valence-corrected chi connectivity index (χ3v) is 5.64. The summed E-state index contributed by atoms with van der Waals surface area (Å²) >= 11 is 0. The molecule has 2 heterocycles. The quantitative estimate of drug-likeness (QED) is 0.606. The van der Waals surface area contributed by atoms with E-state index in [1.165, 1.54) is 4.90 Å². The number of rotatable bonds is 7. The van der Waals surface area contributed by atoms with Gasteiger partial charge in [0.1, 0.15) is 5.58 Å². The second-order valence-corrected chi connectivity index (χ2v) is 7.83. The summed E-state index contributed by atoms with van der Waals surface area (Å²) < 4.78 is 17.4. The van der Waals surface area contributed by atoms with Crippen molar-refractivity contribution in [1.82, 2.24) is 4.90 Å². The highest BCUT2D eigenvalue weighted by atomic mass is 16.5. The van der Waals surface area contributed by atoms with E-state index >= 15 is 0 Å². The summed E-state index contributed by atoms with van der Waals surface area (Å²) in [5.41, 5.74) is 2.88. The molecule has 1 aliphatic rings. The van der Waals surface area contributed by atoms with Gasteiger partial charge in [-0.05, 0) is 62.6 Å². The van der Waals surface area contributed by atoms with Gasteiger partial charge in [-0.3, -0.25) is 9.59 Å². The normalized spacial score (nSPS) is 15.3. The Morgan fingerprint density at radius 2 is 1.75 bits per heavy atom. The summed E-state index contributed by atoms with van der Waals surface area (Å²) in [6, 6.07) is 8.38. The summed E-state index contributed by atoms with van der Waals surface area (Å²) in [6.07, 6.45) is 0. The molecule has 7 heteroatoms. The Bertz CT molecular complexity index is 1250. The van der Waals surface area contributed by atoms with Gasteiger partial charge >= 0.3 is 0 Å². The fraction of sp³-hybridized carbons (Fsp3) is 0.360. The maximum absolute atomic E-state index is 13.7. The molecule has 0 aliphatic carbocycles. The van der Waals surface area contributed by atoms with Crippen molar-refractivity contribution in [3.05, 3.63) is 68.6 Å². The Kier molecular flexibility index (Phi) is 5.93. The van der Waals surface area contributed by atoms with E-state index in [0.717, 1.165) is 11.1 Å². The first kappa shape index (κ1) is 21.9. The van der Waals surface area contributed by atoms with Gasteiger partial charge < -0.3 is 23.9 Å². The van der Waals surface area contributed by atoms with E-state index < -0.39 is 11.9 Å². The molecule has 0 saturated carbocycles. The van der Waals surface area contributed by atoms with Crippen LogP contribution in [0.15, 0.2) is 39.5 Å². The van der Waals surface area contributed by atoms with Gasteiger partial charge in [0.2, 0.25) is 5.76 Å². The molecule has 0 fully saturated rings. The Morgan fingerprint density at radius 3 is 2.44 bits per heavy atom. The monoisotopic (exact) mass is 437 g/mol. The van der Waals surface area contributed by atoms with E-state index in [1.807, 2.05) is 39.8 Å². The fourth-order valence-electron chi connectivity index (χ4n) is 4.44. The van der Waals surface area contributed by atoms with Gasteiger partial charge in [0.15, 0.2) is 16.9 Å². The van der Waals surface area contributed by atoms with Crippen LogP contribution in [0.3, 0.4) is 0 Å². The number of nitrogens with zero attached hydrogens (tertiary/aromatic N) is 1. The lowest BCUT2D eigenvalue weighted by molar-refractivity contribution is 0.0691. The zero-order chi connectivity index (χ0) is 23.0. The highest BCUT2D eigenvalue weighted by Crippen LogP contribution is 2.41. The van der Waals surface area contributed by atoms with Crippen LogP contribution in [0.4, 0.5) is 0 Å². The van der Waals surface area contributed by atoms with Crippen LogP contribution in [0.1, 0.15) is 52.7 Å². The molecular weight excluding hydrogens is 410 g/mol. The van der Waals surface area contributed by atoms with Crippen LogP contribution in [0, 0.1) is 13.8 Å². The molecule has 3 aromatic rings. The van der Waals surface area contributed by atoms with Gasteiger partial charge in [-0.2, -0.15) is 0 Å². The summed E-state index contributed by atoms with van der Waals surface area (Å²) in [7, 11) is 0. The Balaban J connectivity index is 1.97. The number of fused-ring (bicyclic) bond motifs is 2. The molecule has 1 aromatic heterocycles. The van der Waals surface area contributed by atoms with Gasteiger partial charge in [0.25, 0.3) is 5.91 Å². The highest BCUT2D eigenvalue weighted by Gasteiger charge is 2.42. The summed E-state index contributed by atoms with van der Waals surface area (Å²) in [5.74, 6) is 0.740. The van der Waals surface area contributed by atoms with Crippen LogP contribution in [-0.2, 0) is 0 Å². The number of ether oxygens (including phenoxy) is 2. The molecule has 32 heavy (non-hydrogen) atoms. The Hall–Kier alpha value is -3.32. The molecule has 7 nitrogen and oxygen atoms in total. The van der Waals surface area contributed by atoms with Gasteiger partial charge in [0, 0.05) is 6.54 Å². The van der Waals surface area contributed by atoms with E-state index in [0.29, 0.717) is 41.2 Å².